The van der Waals surface area contributed by atoms with Gasteiger partial charge in [-0.05, 0) is 79.1 Å². The summed E-state index contributed by atoms with van der Waals surface area (Å²) in [5, 5.41) is 3.64. The lowest BCUT2D eigenvalue weighted by atomic mass is 10.0. The van der Waals surface area contributed by atoms with Gasteiger partial charge in [0.1, 0.15) is 0 Å². The van der Waals surface area contributed by atoms with Crippen LogP contribution < -0.4 is 0 Å². The average Bonchev–Trinajstić information content (AvgIpc) is 3.94. The molecule has 0 saturated heterocycles. The summed E-state index contributed by atoms with van der Waals surface area (Å²) >= 11 is 0. The van der Waals surface area contributed by atoms with Gasteiger partial charge in [-0.2, -0.15) is 0 Å². The zero-order valence-electron chi connectivity index (χ0n) is 37.0. The van der Waals surface area contributed by atoms with Crippen LogP contribution in [0.3, 0.4) is 0 Å². The Morgan fingerprint density at radius 1 is 0.353 bits per heavy atom. The van der Waals surface area contributed by atoms with E-state index in [-0.39, 0.29) is 0 Å². The van der Waals surface area contributed by atoms with Gasteiger partial charge in [-0.3, -0.25) is 0 Å². The van der Waals surface area contributed by atoms with Gasteiger partial charge in [0.05, 0.1) is 45.0 Å². The predicted molar refractivity (Wildman–Crippen MR) is 279 cm³/mol. The van der Waals surface area contributed by atoms with Crippen LogP contribution in [-0.2, 0) is 6.42 Å². The molecule has 0 unspecified atom stereocenters. The van der Waals surface area contributed by atoms with Crippen molar-refractivity contribution in [3.05, 3.63) is 236 Å². The normalized spacial score (nSPS) is 12.2. The lowest BCUT2D eigenvalue weighted by Crippen LogP contribution is -2.04. The van der Waals surface area contributed by atoms with E-state index >= 15 is 0 Å². The fourth-order valence-corrected chi connectivity index (χ4v) is 10.0. The van der Waals surface area contributed by atoms with E-state index in [0.717, 1.165) is 96.8 Å². The zero-order valence-corrected chi connectivity index (χ0v) is 37.0. The Morgan fingerprint density at radius 3 is 1.41 bits per heavy atom. The second-order valence-corrected chi connectivity index (χ2v) is 17.3. The molecule has 1 aliphatic rings. The zero-order chi connectivity index (χ0) is 45.0. The molecule has 0 N–H and O–H groups in total. The van der Waals surface area contributed by atoms with Crippen molar-refractivity contribution < 1.29 is 0 Å². The summed E-state index contributed by atoms with van der Waals surface area (Å²) in [5.41, 5.74) is 17.2. The third-order valence-corrected chi connectivity index (χ3v) is 13.2. The first-order valence-corrected chi connectivity index (χ1v) is 23.2. The maximum Gasteiger partial charge on any atom is 0.162 e. The molecule has 8 aromatic carbocycles. The fraction of sp³-hybridized carbons (Fsp3) is 0.0323. The van der Waals surface area contributed by atoms with Crippen molar-refractivity contribution in [2.75, 3.05) is 0 Å². The van der Waals surface area contributed by atoms with Crippen molar-refractivity contribution >= 4 is 38.8 Å². The van der Waals surface area contributed by atoms with Crippen LogP contribution in [-0.4, -0.2) is 29.1 Å². The molecule has 13 rings (SSSR count). The van der Waals surface area contributed by atoms with Crippen LogP contribution in [0.15, 0.2) is 224 Å². The summed E-state index contributed by atoms with van der Waals surface area (Å²) in [6.07, 6.45) is 6.67. The molecular formula is C62H42N6. The summed E-state index contributed by atoms with van der Waals surface area (Å²) < 4.78 is 4.84. The molecule has 0 bridgehead atoms. The minimum absolute atomic E-state index is 0.599. The molecule has 0 radical (unpaired) electrons. The van der Waals surface area contributed by atoms with E-state index in [1.54, 1.807) is 0 Å². The molecule has 0 spiro atoms. The standard InChI is InChI=1S/C62H42N6/c1-5-19-41(20-6-1)52-39-53(42-21-7-2-8-22-42)64-61(63-52)45-33-36-59(51(37-45)62-65-54(43-23-9-3-10-24-43)40-55(66-62)44-25-11-4-12-26-44)68-58-32-18-15-29-49(58)50-35-34-46(38-60(50)68)67-56-30-16-13-27-47(56)48-28-14-17-31-57(48)67/h1-13,15-27,29-40H,14,28H2. The Kier molecular flexibility index (Phi) is 9.53. The summed E-state index contributed by atoms with van der Waals surface area (Å²) in [6, 6.07) is 76.6. The topological polar surface area (TPSA) is 61.4 Å². The number of aryl methyl sites for hydroxylation is 1. The molecule has 0 atom stereocenters. The number of aromatic nitrogens is 6. The third kappa shape index (κ3) is 6.81. The number of fused-ring (bicyclic) bond motifs is 6. The van der Waals surface area contributed by atoms with Gasteiger partial charge in [0.25, 0.3) is 0 Å². The van der Waals surface area contributed by atoms with Crippen LogP contribution in [0.1, 0.15) is 17.7 Å². The molecule has 0 aliphatic heterocycles. The highest BCUT2D eigenvalue weighted by atomic mass is 15.0. The van der Waals surface area contributed by atoms with Crippen molar-refractivity contribution in [3.8, 4) is 79.2 Å². The molecule has 0 saturated carbocycles. The van der Waals surface area contributed by atoms with Gasteiger partial charge in [-0.15, -0.1) is 0 Å². The van der Waals surface area contributed by atoms with E-state index in [2.05, 4.69) is 215 Å². The van der Waals surface area contributed by atoms with E-state index in [1.807, 2.05) is 24.3 Å². The van der Waals surface area contributed by atoms with E-state index in [1.165, 1.54) is 27.5 Å². The maximum absolute atomic E-state index is 5.46. The molecule has 4 heterocycles. The van der Waals surface area contributed by atoms with Gasteiger partial charge in [0.15, 0.2) is 11.6 Å². The highest BCUT2D eigenvalue weighted by Gasteiger charge is 2.23. The van der Waals surface area contributed by atoms with Crippen LogP contribution in [0, 0.1) is 0 Å². The monoisotopic (exact) mass is 870 g/mol. The van der Waals surface area contributed by atoms with Crippen LogP contribution in [0.2, 0.25) is 0 Å². The van der Waals surface area contributed by atoms with Crippen LogP contribution in [0.4, 0.5) is 0 Å². The number of nitrogens with zero attached hydrogens (tertiary/aromatic N) is 6. The highest BCUT2D eigenvalue weighted by molar-refractivity contribution is 6.10. The lowest BCUT2D eigenvalue weighted by Gasteiger charge is -2.17. The first-order valence-electron chi connectivity index (χ1n) is 23.2. The number of hydrogen-bond donors (Lipinski definition) is 0. The van der Waals surface area contributed by atoms with Crippen molar-refractivity contribution in [1.82, 2.24) is 29.1 Å². The Bertz CT molecular complexity index is 3770. The quantitative estimate of drug-likeness (QED) is 0.153. The van der Waals surface area contributed by atoms with Crippen LogP contribution >= 0.6 is 0 Å². The van der Waals surface area contributed by atoms with Crippen molar-refractivity contribution in [1.29, 1.82) is 0 Å². The van der Waals surface area contributed by atoms with Gasteiger partial charge in [-0.1, -0.05) is 170 Å². The largest absolute Gasteiger partial charge is 0.310 e. The van der Waals surface area contributed by atoms with Gasteiger partial charge < -0.3 is 9.13 Å². The Morgan fingerprint density at radius 2 is 0.838 bits per heavy atom. The number of benzene rings is 8. The van der Waals surface area contributed by atoms with Crippen molar-refractivity contribution in [2.45, 2.75) is 12.8 Å². The molecule has 320 valence electrons. The molecule has 1 aliphatic carbocycles. The molecule has 6 heteroatoms. The van der Waals surface area contributed by atoms with Gasteiger partial charge in [-0.25, -0.2) is 19.9 Å². The molecule has 68 heavy (non-hydrogen) atoms. The molecule has 6 nitrogen and oxygen atoms in total. The van der Waals surface area contributed by atoms with Crippen molar-refractivity contribution in [3.63, 3.8) is 0 Å². The van der Waals surface area contributed by atoms with Crippen molar-refractivity contribution in [2.24, 2.45) is 0 Å². The minimum atomic E-state index is 0.599. The second-order valence-electron chi connectivity index (χ2n) is 17.3. The van der Waals surface area contributed by atoms with Crippen LogP contribution in [0.25, 0.3) is 118 Å². The van der Waals surface area contributed by atoms with E-state index in [0.29, 0.717) is 11.6 Å². The Hall–Kier alpha value is -9.00. The summed E-state index contributed by atoms with van der Waals surface area (Å²) in [4.78, 5) is 21.5. The smallest absolute Gasteiger partial charge is 0.162 e. The molecule has 4 aromatic heterocycles. The summed E-state index contributed by atoms with van der Waals surface area (Å²) in [5.74, 6) is 1.21. The van der Waals surface area contributed by atoms with Gasteiger partial charge in [0, 0.05) is 60.9 Å². The highest BCUT2D eigenvalue weighted by Crippen LogP contribution is 2.41. The first kappa shape index (κ1) is 39.4. The van der Waals surface area contributed by atoms with Crippen LogP contribution in [0.5, 0.6) is 0 Å². The maximum atomic E-state index is 5.46. The number of para-hydroxylation sites is 2. The molecule has 0 fully saturated rings. The van der Waals surface area contributed by atoms with E-state index in [4.69, 9.17) is 19.9 Å². The van der Waals surface area contributed by atoms with E-state index in [9.17, 15) is 0 Å². The first-order chi connectivity index (χ1) is 33.7. The SMILES string of the molecule is C1=Cc2c(c3ccccc3n2-c2ccc3c4ccccc4n(-c4ccc(-c5nc(-c6ccccc6)cc(-c6ccccc6)n5)cc4-c4nc(-c5ccccc5)cc(-c5ccccc5)n4)c3c2)CC1. The third-order valence-electron chi connectivity index (χ3n) is 13.2. The Labute approximate surface area is 393 Å². The van der Waals surface area contributed by atoms with Gasteiger partial charge >= 0.3 is 0 Å². The molecule has 12 aromatic rings. The van der Waals surface area contributed by atoms with E-state index < -0.39 is 0 Å². The Balaban J connectivity index is 1.10. The second kappa shape index (κ2) is 16.5. The minimum Gasteiger partial charge on any atom is -0.310 e. The summed E-state index contributed by atoms with van der Waals surface area (Å²) in [6.45, 7) is 0. The number of rotatable bonds is 8. The number of hydrogen-bond acceptors (Lipinski definition) is 4. The number of allylic oxidation sites excluding steroid dienone is 1. The lowest BCUT2D eigenvalue weighted by molar-refractivity contribution is 0.968. The molecule has 0 amide bonds. The van der Waals surface area contributed by atoms with Gasteiger partial charge in [0.2, 0.25) is 0 Å². The predicted octanol–water partition coefficient (Wildman–Crippen LogP) is 15.3. The average molecular weight is 871 g/mol. The summed E-state index contributed by atoms with van der Waals surface area (Å²) in [7, 11) is 0. The molecular weight excluding hydrogens is 829 g/mol. The fourth-order valence-electron chi connectivity index (χ4n) is 10.0.